The van der Waals surface area contributed by atoms with Gasteiger partial charge in [0.05, 0.1) is 12.2 Å². The highest BCUT2D eigenvalue weighted by Gasteiger charge is 2.22. The van der Waals surface area contributed by atoms with Gasteiger partial charge in [-0.15, -0.1) is 0 Å². The summed E-state index contributed by atoms with van der Waals surface area (Å²) in [4.78, 5) is 14.5. The van der Waals surface area contributed by atoms with Gasteiger partial charge in [0.1, 0.15) is 0 Å². The highest BCUT2D eigenvalue weighted by molar-refractivity contribution is 5.89. The number of rotatable bonds is 7. The van der Waals surface area contributed by atoms with Crippen molar-refractivity contribution in [2.75, 3.05) is 19.7 Å². The maximum absolute atomic E-state index is 12.0. The van der Waals surface area contributed by atoms with Crippen LogP contribution in [0.5, 0.6) is 0 Å². The van der Waals surface area contributed by atoms with Gasteiger partial charge < -0.3 is 4.74 Å². The Bertz CT molecular complexity index is 642. The lowest BCUT2D eigenvalue weighted by Crippen LogP contribution is -2.41. The number of nitrogens with zero attached hydrogens (tertiary/aromatic N) is 1. The number of carbonyl (C=O) groups excluding carboxylic acids is 1. The molecule has 0 saturated carbocycles. The molecule has 132 valence electrons. The molecule has 1 heterocycles. The third-order valence-corrected chi connectivity index (χ3v) is 4.90. The van der Waals surface area contributed by atoms with Gasteiger partial charge in [0.2, 0.25) is 0 Å². The van der Waals surface area contributed by atoms with Crippen LogP contribution in [-0.2, 0) is 11.2 Å². The van der Waals surface area contributed by atoms with E-state index in [1.54, 1.807) is 12.1 Å². The molecule has 0 bridgehead atoms. The average molecular weight is 337 g/mol. The first-order valence-corrected chi connectivity index (χ1v) is 9.33. The summed E-state index contributed by atoms with van der Waals surface area (Å²) in [6.45, 7) is 2.64. The molecule has 25 heavy (non-hydrogen) atoms. The molecule has 0 unspecified atom stereocenters. The molecule has 3 heteroatoms. The van der Waals surface area contributed by atoms with Gasteiger partial charge in [-0.05, 0) is 49.9 Å². The lowest BCUT2D eigenvalue weighted by atomic mass is 9.95. The topological polar surface area (TPSA) is 29.5 Å². The Kier molecular flexibility index (Phi) is 6.63. The molecule has 1 saturated heterocycles. The first-order valence-electron chi connectivity index (χ1n) is 9.33. The molecule has 0 spiro atoms. The van der Waals surface area contributed by atoms with E-state index in [2.05, 4.69) is 35.2 Å². The van der Waals surface area contributed by atoms with Gasteiger partial charge in [-0.1, -0.05) is 55.0 Å². The molecule has 3 rings (SSSR count). The first-order chi connectivity index (χ1) is 12.3. The van der Waals surface area contributed by atoms with Gasteiger partial charge in [0.15, 0.2) is 0 Å². The maximum atomic E-state index is 12.0. The number of likely N-dealkylation sites (tertiary alicyclic amines) is 1. The summed E-state index contributed by atoms with van der Waals surface area (Å²) in [5.74, 6) is -0.222. The minimum atomic E-state index is -0.222. The predicted octanol–water partition coefficient (Wildman–Crippen LogP) is 4.33. The van der Waals surface area contributed by atoms with Crippen LogP contribution in [0.2, 0.25) is 0 Å². The van der Waals surface area contributed by atoms with Crippen molar-refractivity contribution in [2.24, 2.45) is 0 Å². The summed E-state index contributed by atoms with van der Waals surface area (Å²) in [6, 6.07) is 20.6. The van der Waals surface area contributed by atoms with Crippen LogP contribution in [0, 0.1) is 0 Å². The quantitative estimate of drug-likeness (QED) is 0.556. The lowest BCUT2D eigenvalue weighted by Gasteiger charge is -2.36. The van der Waals surface area contributed by atoms with Crippen molar-refractivity contribution in [2.45, 2.75) is 38.1 Å². The van der Waals surface area contributed by atoms with Crippen LogP contribution in [0.15, 0.2) is 60.7 Å². The Balaban J connectivity index is 1.43. The Morgan fingerprint density at radius 3 is 2.48 bits per heavy atom. The number of carbonyl (C=O) groups is 1. The minimum absolute atomic E-state index is 0.222. The number of piperidine rings is 1. The Morgan fingerprint density at radius 2 is 1.72 bits per heavy atom. The van der Waals surface area contributed by atoms with Crippen molar-refractivity contribution >= 4 is 5.97 Å². The van der Waals surface area contributed by atoms with E-state index in [9.17, 15) is 4.79 Å². The SMILES string of the molecule is O=C(OCCCN1CCCC[C@H]1Cc1ccccc1)c1ccccc1. The summed E-state index contributed by atoms with van der Waals surface area (Å²) < 4.78 is 5.41. The van der Waals surface area contributed by atoms with Crippen LogP contribution in [0.4, 0.5) is 0 Å². The maximum Gasteiger partial charge on any atom is 0.338 e. The van der Waals surface area contributed by atoms with E-state index < -0.39 is 0 Å². The van der Waals surface area contributed by atoms with Crippen LogP contribution >= 0.6 is 0 Å². The lowest BCUT2D eigenvalue weighted by molar-refractivity contribution is 0.0472. The number of esters is 1. The predicted molar refractivity (Wildman–Crippen MR) is 101 cm³/mol. The van der Waals surface area contributed by atoms with Crippen molar-refractivity contribution in [3.05, 3.63) is 71.8 Å². The van der Waals surface area contributed by atoms with Crippen LogP contribution < -0.4 is 0 Å². The summed E-state index contributed by atoms with van der Waals surface area (Å²) in [6.07, 6.45) is 5.86. The van der Waals surface area contributed by atoms with E-state index in [0.29, 0.717) is 18.2 Å². The first kappa shape index (κ1) is 17.7. The second kappa shape index (κ2) is 9.38. The molecule has 3 nitrogen and oxygen atoms in total. The molecular formula is C22H27NO2. The molecular weight excluding hydrogens is 310 g/mol. The third-order valence-electron chi connectivity index (χ3n) is 4.90. The Morgan fingerprint density at radius 1 is 1.00 bits per heavy atom. The smallest absolute Gasteiger partial charge is 0.338 e. The minimum Gasteiger partial charge on any atom is -0.462 e. The van der Waals surface area contributed by atoms with Crippen LogP contribution in [0.25, 0.3) is 0 Å². The third kappa shape index (κ3) is 5.43. The van der Waals surface area contributed by atoms with Crippen LogP contribution in [0.1, 0.15) is 41.6 Å². The molecule has 0 N–H and O–H groups in total. The number of ether oxygens (including phenoxy) is 1. The summed E-state index contributed by atoms with van der Waals surface area (Å²) in [5.41, 5.74) is 2.04. The molecule has 1 fully saturated rings. The summed E-state index contributed by atoms with van der Waals surface area (Å²) in [5, 5.41) is 0. The second-order valence-corrected chi connectivity index (χ2v) is 6.73. The summed E-state index contributed by atoms with van der Waals surface area (Å²) >= 11 is 0. The van der Waals surface area contributed by atoms with Gasteiger partial charge in [-0.3, -0.25) is 4.90 Å². The van der Waals surface area contributed by atoms with E-state index in [1.807, 2.05) is 18.2 Å². The summed E-state index contributed by atoms with van der Waals surface area (Å²) in [7, 11) is 0. The van der Waals surface area contributed by atoms with Crippen molar-refractivity contribution < 1.29 is 9.53 Å². The Labute approximate surface area is 150 Å². The zero-order chi connectivity index (χ0) is 17.3. The van der Waals surface area contributed by atoms with E-state index in [0.717, 1.165) is 25.9 Å². The highest BCUT2D eigenvalue weighted by atomic mass is 16.5. The van der Waals surface area contributed by atoms with Crippen molar-refractivity contribution in [1.29, 1.82) is 0 Å². The molecule has 2 aromatic rings. The van der Waals surface area contributed by atoms with Crippen molar-refractivity contribution in [1.82, 2.24) is 4.90 Å². The fourth-order valence-corrected chi connectivity index (χ4v) is 3.56. The average Bonchev–Trinajstić information content (AvgIpc) is 2.68. The van der Waals surface area contributed by atoms with Crippen molar-refractivity contribution in [3.8, 4) is 0 Å². The second-order valence-electron chi connectivity index (χ2n) is 6.73. The normalized spacial score (nSPS) is 18.0. The number of hydrogen-bond acceptors (Lipinski definition) is 3. The molecule has 2 aromatic carbocycles. The molecule has 1 aliphatic rings. The van der Waals surface area contributed by atoms with E-state index >= 15 is 0 Å². The molecule has 0 aliphatic carbocycles. The number of hydrogen-bond donors (Lipinski definition) is 0. The molecule has 1 atom stereocenters. The zero-order valence-electron chi connectivity index (χ0n) is 14.8. The Hall–Kier alpha value is -2.13. The van der Waals surface area contributed by atoms with Gasteiger partial charge in [-0.2, -0.15) is 0 Å². The van der Waals surface area contributed by atoms with E-state index in [1.165, 1.54) is 24.8 Å². The monoisotopic (exact) mass is 337 g/mol. The molecule has 0 aromatic heterocycles. The largest absolute Gasteiger partial charge is 0.462 e. The van der Waals surface area contributed by atoms with Gasteiger partial charge in [-0.25, -0.2) is 4.79 Å². The zero-order valence-corrected chi connectivity index (χ0v) is 14.8. The van der Waals surface area contributed by atoms with Gasteiger partial charge in [0.25, 0.3) is 0 Å². The fraction of sp³-hybridized carbons (Fsp3) is 0.409. The standard InChI is InChI=1S/C22H27NO2/c24-22(20-12-5-2-6-13-20)25-17-9-16-23-15-8-7-14-21(23)18-19-10-3-1-4-11-19/h1-6,10-13,21H,7-9,14-18H2/t21-/m0/s1. The van der Waals surface area contributed by atoms with Gasteiger partial charge in [0, 0.05) is 12.6 Å². The fourth-order valence-electron chi connectivity index (χ4n) is 3.56. The van der Waals surface area contributed by atoms with Crippen molar-refractivity contribution in [3.63, 3.8) is 0 Å². The van der Waals surface area contributed by atoms with E-state index in [-0.39, 0.29) is 5.97 Å². The number of benzene rings is 2. The molecule has 1 aliphatic heterocycles. The highest BCUT2D eigenvalue weighted by Crippen LogP contribution is 2.21. The van der Waals surface area contributed by atoms with E-state index in [4.69, 9.17) is 4.74 Å². The van der Waals surface area contributed by atoms with Gasteiger partial charge >= 0.3 is 5.97 Å². The molecule has 0 amide bonds. The molecule has 0 radical (unpaired) electrons. The van der Waals surface area contributed by atoms with Crippen LogP contribution in [-0.4, -0.2) is 36.6 Å². The van der Waals surface area contributed by atoms with Crippen LogP contribution in [0.3, 0.4) is 0 Å².